The highest BCUT2D eigenvalue weighted by Gasteiger charge is 2.31. The quantitative estimate of drug-likeness (QED) is 0.0871. The highest BCUT2D eigenvalue weighted by molar-refractivity contribution is 7.53. The zero-order valence-corrected chi connectivity index (χ0v) is 25.1. The fraction of sp³-hybridized carbons (Fsp3) is 1.00. The third-order valence-corrected chi connectivity index (χ3v) is 9.28. The van der Waals surface area contributed by atoms with Crippen LogP contribution >= 0.6 is 7.60 Å². The highest BCUT2D eigenvalue weighted by atomic mass is 31.2. The van der Waals surface area contributed by atoms with Crippen LogP contribution in [0.25, 0.3) is 0 Å². The van der Waals surface area contributed by atoms with E-state index in [1.165, 1.54) is 70.6 Å². The van der Waals surface area contributed by atoms with Gasteiger partial charge in [-0.25, -0.2) is 0 Å². The van der Waals surface area contributed by atoms with Crippen LogP contribution in [0.3, 0.4) is 0 Å². The van der Waals surface area contributed by atoms with Crippen LogP contribution < -0.4 is 0 Å². The molecule has 0 aliphatic carbocycles. The molecule has 0 heterocycles. The molecule has 0 N–H and O–H groups in total. The second-order valence-electron chi connectivity index (χ2n) is 10.8. The molecule has 0 radical (unpaired) electrons. The van der Waals surface area contributed by atoms with E-state index in [-0.39, 0.29) is 0 Å². The minimum Gasteiger partial charge on any atom is -0.308 e. The average molecular weight is 503 g/mol. The maximum atomic E-state index is 14.2. The maximum Gasteiger partial charge on any atom is 0.330 e. The van der Waals surface area contributed by atoms with Gasteiger partial charge in [0.2, 0.25) is 0 Å². The third-order valence-electron chi connectivity index (χ3n) is 7.23. The molecule has 0 aromatic carbocycles. The molecule has 0 aliphatic rings. The van der Waals surface area contributed by atoms with Gasteiger partial charge in [0, 0.05) is 0 Å². The lowest BCUT2D eigenvalue weighted by Crippen LogP contribution is -2.17. The molecule has 0 rings (SSSR count). The Morgan fingerprint density at radius 1 is 0.471 bits per heavy atom. The van der Waals surface area contributed by atoms with Gasteiger partial charge in [-0.1, -0.05) is 125 Å². The van der Waals surface area contributed by atoms with Crippen LogP contribution in [0, 0.1) is 17.8 Å². The lowest BCUT2D eigenvalue weighted by atomic mass is 9.98. The predicted octanol–water partition coefficient (Wildman–Crippen LogP) is 11.2. The van der Waals surface area contributed by atoms with Gasteiger partial charge in [-0.3, -0.25) is 4.57 Å². The molecule has 4 heteroatoms. The molecule has 0 aromatic rings. The van der Waals surface area contributed by atoms with Crippen molar-refractivity contribution in [3.63, 3.8) is 0 Å². The Balaban J connectivity index is 5.28. The Hall–Kier alpha value is 0.150. The summed E-state index contributed by atoms with van der Waals surface area (Å²) >= 11 is 0. The molecular formula is C30H63O3P. The topological polar surface area (TPSA) is 35.5 Å². The van der Waals surface area contributed by atoms with Gasteiger partial charge in [0.1, 0.15) is 0 Å². The summed E-state index contributed by atoms with van der Waals surface area (Å²) in [7, 11) is -3.09. The van der Waals surface area contributed by atoms with E-state index in [1.807, 2.05) is 0 Å². The predicted molar refractivity (Wildman–Crippen MR) is 152 cm³/mol. The summed E-state index contributed by atoms with van der Waals surface area (Å²) in [6.07, 6.45) is 22.3. The van der Waals surface area contributed by atoms with Gasteiger partial charge >= 0.3 is 7.60 Å². The fourth-order valence-electron chi connectivity index (χ4n) is 5.12. The molecule has 0 saturated heterocycles. The van der Waals surface area contributed by atoms with Gasteiger partial charge in [0.15, 0.2) is 0 Å². The van der Waals surface area contributed by atoms with Gasteiger partial charge in [-0.15, -0.1) is 0 Å². The summed E-state index contributed by atoms with van der Waals surface area (Å²) in [6, 6.07) is 0. The number of hydrogen-bond donors (Lipinski definition) is 0. The van der Waals surface area contributed by atoms with Gasteiger partial charge in [-0.05, 0) is 49.9 Å². The lowest BCUT2D eigenvalue weighted by Gasteiger charge is -2.27. The van der Waals surface area contributed by atoms with E-state index in [9.17, 15) is 4.57 Å². The second-order valence-corrected chi connectivity index (χ2v) is 12.9. The van der Waals surface area contributed by atoms with Crippen molar-refractivity contribution >= 4 is 7.60 Å². The smallest absolute Gasteiger partial charge is 0.308 e. The SMILES string of the molecule is CCCCCC(CCC)COP(=O)(CC(CCC)CCCCC)OCC(CCC)CCCCC. The van der Waals surface area contributed by atoms with Crippen LogP contribution in [0.4, 0.5) is 0 Å². The lowest BCUT2D eigenvalue weighted by molar-refractivity contribution is 0.144. The van der Waals surface area contributed by atoms with Crippen LogP contribution in [0.2, 0.25) is 0 Å². The minimum atomic E-state index is -3.09. The largest absolute Gasteiger partial charge is 0.330 e. The average Bonchev–Trinajstić information content (AvgIpc) is 2.82. The second kappa shape index (κ2) is 23.5. The first-order valence-electron chi connectivity index (χ1n) is 15.4. The van der Waals surface area contributed by atoms with Crippen molar-refractivity contribution in [2.45, 2.75) is 157 Å². The van der Waals surface area contributed by atoms with Crippen molar-refractivity contribution < 1.29 is 13.6 Å². The van der Waals surface area contributed by atoms with Crippen molar-refractivity contribution in [3.8, 4) is 0 Å². The molecule has 0 amide bonds. The zero-order chi connectivity index (χ0) is 25.5. The van der Waals surface area contributed by atoms with E-state index < -0.39 is 7.60 Å². The van der Waals surface area contributed by atoms with Crippen LogP contribution in [0.15, 0.2) is 0 Å². The molecule has 34 heavy (non-hydrogen) atoms. The first-order valence-corrected chi connectivity index (χ1v) is 17.1. The van der Waals surface area contributed by atoms with Gasteiger partial charge in [-0.2, -0.15) is 0 Å². The normalized spacial score (nSPS) is 16.3. The molecule has 3 atom stereocenters. The van der Waals surface area contributed by atoms with Gasteiger partial charge < -0.3 is 9.05 Å². The van der Waals surface area contributed by atoms with E-state index in [0.29, 0.717) is 37.1 Å². The molecule has 3 unspecified atom stereocenters. The van der Waals surface area contributed by atoms with Gasteiger partial charge in [0.05, 0.1) is 19.4 Å². The van der Waals surface area contributed by atoms with E-state index in [4.69, 9.17) is 9.05 Å². The van der Waals surface area contributed by atoms with Crippen LogP contribution in [0.1, 0.15) is 157 Å². The van der Waals surface area contributed by atoms with Crippen LogP contribution in [-0.2, 0) is 13.6 Å². The van der Waals surface area contributed by atoms with Crippen LogP contribution in [0.5, 0.6) is 0 Å². The van der Waals surface area contributed by atoms with E-state index in [2.05, 4.69) is 41.5 Å². The monoisotopic (exact) mass is 502 g/mol. The number of hydrogen-bond acceptors (Lipinski definition) is 3. The van der Waals surface area contributed by atoms with E-state index in [0.717, 1.165) is 44.9 Å². The molecule has 3 nitrogen and oxygen atoms in total. The Labute approximate surface area is 215 Å². The van der Waals surface area contributed by atoms with Crippen molar-refractivity contribution in [2.75, 3.05) is 19.4 Å². The summed E-state index contributed by atoms with van der Waals surface area (Å²) in [5.74, 6) is 1.47. The Morgan fingerprint density at radius 2 is 0.824 bits per heavy atom. The molecule has 206 valence electrons. The first-order chi connectivity index (χ1) is 16.5. The molecule has 0 saturated carbocycles. The molecule has 0 fully saturated rings. The summed E-state index contributed by atoms with van der Waals surface area (Å²) < 4.78 is 26.9. The third kappa shape index (κ3) is 18.4. The summed E-state index contributed by atoms with van der Waals surface area (Å²) in [5.41, 5.74) is 0. The zero-order valence-electron chi connectivity index (χ0n) is 24.3. The van der Waals surface area contributed by atoms with Crippen molar-refractivity contribution in [1.82, 2.24) is 0 Å². The molecule has 0 spiro atoms. The van der Waals surface area contributed by atoms with Crippen molar-refractivity contribution in [3.05, 3.63) is 0 Å². The molecular weight excluding hydrogens is 439 g/mol. The molecule has 0 aromatic heterocycles. The molecule has 0 bridgehead atoms. The molecule has 0 aliphatic heterocycles. The first kappa shape index (κ1) is 34.1. The van der Waals surface area contributed by atoms with Gasteiger partial charge in [0.25, 0.3) is 0 Å². The Morgan fingerprint density at radius 3 is 1.18 bits per heavy atom. The summed E-state index contributed by atoms with van der Waals surface area (Å²) in [5, 5.41) is 0. The minimum absolute atomic E-state index is 0.455. The summed E-state index contributed by atoms with van der Waals surface area (Å²) in [6.45, 7) is 14.7. The Bertz CT molecular complexity index is 440. The van der Waals surface area contributed by atoms with Crippen molar-refractivity contribution in [2.24, 2.45) is 17.8 Å². The number of unbranched alkanes of at least 4 members (excludes halogenated alkanes) is 6. The van der Waals surface area contributed by atoms with E-state index in [1.54, 1.807) is 0 Å². The maximum absolute atomic E-state index is 14.2. The number of rotatable bonds is 26. The van der Waals surface area contributed by atoms with Crippen molar-refractivity contribution in [1.29, 1.82) is 0 Å². The standard InChI is InChI=1S/C30H63O3P/c1-7-13-16-22-28(19-10-4)25-32-34(31,27-30(21-12-6)24-18-15-9-3)33-26-29(20-11-5)23-17-14-8-2/h28-30H,7-27H2,1-6H3. The Kier molecular flexibility index (Phi) is 23.6. The summed E-state index contributed by atoms with van der Waals surface area (Å²) in [4.78, 5) is 0. The van der Waals surface area contributed by atoms with Crippen LogP contribution in [-0.4, -0.2) is 19.4 Å². The highest BCUT2D eigenvalue weighted by Crippen LogP contribution is 2.52. The fourth-order valence-corrected chi connectivity index (χ4v) is 7.28. The van der Waals surface area contributed by atoms with E-state index >= 15 is 0 Å².